The molecule has 144 valence electrons. The van der Waals surface area contributed by atoms with E-state index in [1.165, 1.54) is 9.99 Å². The molecule has 0 radical (unpaired) electrons. The van der Waals surface area contributed by atoms with Gasteiger partial charge < -0.3 is 9.80 Å². The fourth-order valence-corrected chi connectivity index (χ4v) is 4.68. The van der Waals surface area contributed by atoms with Crippen LogP contribution in [0.3, 0.4) is 0 Å². The molecule has 2 saturated heterocycles. The Morgan fingerprint density at radius 3 is 2.15 bits per heavy atom. The number of anilines is 1. The molecule has 3 rings (SSSR count). The standard InChI is InChI=1S/C18H28N4O3S/c1-20(16-5-3-2-4-6-16)17-9-11-21(12-10-17)18(23)15-7-13-22(14-8-15)26(19,24)25/h2-6,15,17H,7-14H2,1H3,(H2,19,24,25). The summed E-state index contributed by atoms with van der Waals surface area (Å²) in [5.74, 6) is 0.0799. The summed E-state index contributed by atoms with van der Waals surface area (Å²) in [4.78, 5) is 17.0. The number of piperidine rings is 2. The van der Waals surface area contributed by atoms with E-state index >= 15 is 0 Å². The second kappa shape index (κ2) is 7.94. The van der Waals surface area contributed by atoms with Crippen LogP contribution in [-0.4, -0.2) is 62.8 Å². The van der Waals surface area contributed by atoms with Crippen LogP contribution in [0.1, 0.15) is 25.7 Å². The van der Waals surface area contributed by atoms with E-state index in [0.717, 1.165) is 25.9 Å². The normalized spacial score (nSPS) is 20.9. The summed E-state index contributed by atoms with van der Waals surface area (Å²) < 4.78 is 24.0. The Bertz CT molecular complexity index is 709. The second-order valence-corrected chi connectivity index (χ2v) is 8.77. The minimum Gasteiger partial charge on any atom is -0.371 e. The first-order valence-electron chi connectivity index (χ1n) is 9.21. The Morgan fingerprint density at radius 1 is 1.04 bits per heavy atom. The number of hydrogen-bond donors (Lipinski definition) is 1. The third kappa shape index (κ3) is 4.36. The highest BCUT2D eigenvalue weighted by atomic mass is 32.2. The van der Waals surface area contributed by atoms with Crippen LogP contribution in [0.2, 0.25) is 0 Å². The fourth-order valence-electron chi connectivity index (χ4n) is 3.96. The van der Waals surface area contributed by atoms with Gasteiger partial charge >= 0.3 is 0 Å². The van der Waals surface area contributed by atoms with Gasteiger partial charge in [-0.3, -0.25) is 4.79 Å². The average Bonchev–Trinajstić information content (AvgIpc) is 2.67. The molecule has 2 aliphatic heterocycles. The van der Waals surface area contributed by atoms with E-state index in [1.807, 2.05) is 23.1 Å². The van der Waals surface area contributed by atoms with Gasteiger partial charge in [0.05, 0.1) is 0 Å². The van der Waals surface area contributed by atoms with E-state index in [2.05, 4.69) is 24.1 Å². The summed E-state index contributed by atoms with van der Waals surface area (Å²) in [5.41, 5.74) is 1.20. The summed E-state index contributed by atoms with van der Waals surface area (Å²) in [5, 5.41) is 5.16. The van der Waals surface area contributed by atoms with Crippen LogP contribution in [0.4, 0.5) is 5.69 Å². The van der Waals surface area contributed by atoms with Gasteiger partial charge in [0.25, 0.3) is 10.2 Å². The van der Waals surface area contributed by atoms with Crippen molar-refractivity contribution in [1.29, 1.82) is 0 Å². The van der Waals surface area contributed by atoms with Crippen molar-refractivity contribution < 1.29 is 13.2 Å². The summed E-state index contributed by atoms with van der Waals surface area (Å²) in [6, 6.07) is 10.7. The number of carbonyl (C=O) groups excluding carboxylic acids is 1. The van der Waals surface area contributed by atoms with Gasteiger partial charge in [-0.05, 0) is 37.8 Å². The van der Waals surface area contributed by atoms with Crippen LogP contribution in [0, 0.1) is 5.92 Å². The molecule has 1 aromatic rings. The maximum absolute atomic E-state index is 12.8. The molecule has 1 aromatic carbocycles. The van der Waals surface area contributed by atoms with Crippen LogP contribution in [-0.2, 0) is 15.0 Å². The van der Waals surface area contributed by atoms with Crippen molar-refractivity contribution in [3.8, 4) is 0 Å². The number of likely N-dealkylation sites (tertiary alicyclic amines) is 1. The van der Waals surface area contributed by atoms with Crippen molar-refractivity contribution >= 4 is 21.8 Å². The molecular formula is C18H28N4O3S. The number of carbonyl (C=O) groups is 1. The topological polar surface area (TPSA) is 86.9 Å². The van der Waals surface area contributed by atoms with Gasteiger partial charge in [-0.25, -0.2) is 5.14 Å². The molecule has 2 heterocycles. The van der Waals surface area contributed by atoms with E-state index in [9.17, 15) is 13.2 Å². The number of nitrogens with zero attached hydrogens (tertiary/aromatic N) is 3. The van der Waals surface area contributed by atoms with Gasteiger partial charge in [0.2, 0.25) is 5.91 Å². The predicted molar refractivity (Wildman–Crippen MR) is 102 cm³/mol. The number of amides is 1. The Balaban J connectivity index is 1.50. The van der Waals surface area contributed by atoms with Crippen molar-refractivity contribution in [1.82, 2.24) is 9.21 Å². The molecule has 7 nitrogen and oxygen atoms in total. The molecule has 0 atom stereocenters. The summed E-state index contributed by atoms with van der Waals surface area (Å²) in [7, 11) is -1.53. The maximum Gasteiger partial charge on any atom is 0.276 e. The summed E-state index contributed by atoms with van der Waals surface area (Å²) in [6.45, 7) is 2.19. The molecule has 2 fully saturated rings. The van der Waals surface area contributed by atoms with E-state index < -0.39 is 10.2 Å². The molecule has 26 heavy (non-hydrogen) atoms. The lowest BCUT2D eigenvalue weighted by Crippen LogP contribution is -2.50. The van der Waals surface area contributed by atoms with Gasteiger partial charge in [0.1, 0.15) is 0 Å². The van der Waals surface area contributed by atoms with Crippen LogP contribution < -0.4 is 10.0 Å². The van der Waals surface area contributed by atoms with Gasteiger partial charge in [-0.2, -0.15) is 12.7 Å². The Hall–Kier alpha value is -1.64. The fraction of sp³-hybridized carbons (Fsp3) is 0.611. The molecular weight excluding hydrogens is 352 g/mol. The number of benzene rings is 1. The van der Waals surface area contributed by atoms with E-state index in [1.54, 1.807) is 0 Å². The van der Waals surface area contributed by atoms with Crippen LogP contribution in [0.25, 0.3) is 0 Å². The Morgan fingerprint density at radius 2 is 1.62 bits per heavy atom. The minimum absolute atomic E-state index is 0.0867. The van der Waals surface area contributed by atoms with Gasteiger partial charge in [-0.15, -0.1) is 0 Å². The van der Waals surface area contributed by atoms with Crippen molar-refractivity contribution in [3.63, 3.8) is 0 Å². The third-order valence-corrected chi connectivity index (χ3v) is 6.74. The summed E-state index contributed by atoms with van der Waals surface area (Å²) >= 11 is 0. The molecule has 0 aromatic heterocycles. The third-order valence-electron chi connectivity index (χ3n) is 5.65. The zero-order valence-electron chi connectivity index (χ0n) is 15.3. The van der Waals surface area contributed by atoms with Crippen molar-refractivity contribution in [2.45, 2.75) is 31.7 Å². The first-order chi connectivity index (χ1) is 12.4. The second-order valence-electron chi connectivity index (χ2n) is 7.22. The number of nitrogens with two attached hydrogens (primary N) is 1. The molecule has 8 heteroatoms. The first kappa shape index (κ1) is 19.1. The molecule has 0 aliphatic carbocycles. The molecule has 2 aliphatic rings. The van der Waals surface area contributed by atoms with Crippen molar-refractivity contribution in [3.05, 3.63) is 30.3 Å². The lowest BCUT2D eigenvalue weighted by molar-refractivity contribution is -0.137. The molecule has 0 unspecified atom stereocenters. The van der Waals surface area contributed by atoms with Crippen LogP contribution in [0.15, 0.2) is 30.3 Å². The average molecular weight is 381 g/mol. The molecule has 1 amide bonds. The smallest absolute Gasteiger partial charge is 0.276 e. The first-order valence-corrected chi connectivity index (χ1v) is 10.7. The van der Waals surface area contributed by atoms with Crippen molar-refractivity contribution in [2.75, 3.05) is 38.1 Å². The van der Waals surface area contributed by atoms with E-state index in [4.69, 9.17) is 5.14 Å². The highest BCUT2D eigenvalue weighted by Crippen LogP contribution is 2.25. The lowest BCUT2D eigenvalue weighted by atomic mass is 9.94. The number of hydrogen-bond acceptors (Lipinski definition) is 4. The monoisotopic (exact) mass is 380 g/mol. The van der Waals surface area contributed by atoms with Gasteiger partial charge in [-0.1, -0.05) is 18.2 Å². The van der Waals surface area contributed by atoms with E-state index in [-0.39, 0.29) is 11.8 Å². The van der Waals surface area contributed by atoms with Gasteiger partial charge in [0, 0.05) is 50.9 Å². The lowest BCUT2D eigenvalue weighted by Gasteiger charge is -2.40. The SMILES string of the molecule is CN(c1ccccc1)C1CCN(C(=O)C2CCN(S(N)(=O)=O)CC2)CC1. The number of para-hydroxylation sites is 1. The quantitative estimate of drug-likeness (QED) is 0.845. The van der Waals surface area contributed by atoms with Crippen LogP contribution in [0.5, 0.6) is 0 Å². The highest BCUT2D eigenvalue weighted by molar-refractivity contribution is 7.86. The highest BCUT2D eigenvalue weighted by Gasteiger charge is 2.33. The predicted octanol–water partition coefficient (Wildman–Crippen LogP) is 1.03. The molecule has 0 spiro atoms. The Labute approximate surface area is 155 Å². The zero-order chi connectivity index (χ0) is 18.7. The largest absolute Gasteiger partial charge is 0.371 e. The minimum atomic E-state index is -3.64. The summed E-state index contributed by atoms with van der Waals surface area (Å²) in [6.07, 6.45) is 3.01. The van der Waals surface area contributed by atoms with Crippen molar-refractivity contribution in [2.24, 2.45) is 11.1 Å². The Kier molecular flexibility index (Phi) is 5.84. The molecule has 2 N–H and O–H groups in total. The zero-order valence-corrected chi connectivity index (χ0v) is 16.1. The van der Waals surface area contributed by atoms with Crippen LogP contribution >= 0.6 is 0 Å². The molecule has 0 saturated carbocycles. The maximum atomic E-state index is 12.8. The molecule has 0 bridgehead atoms. The van der Waals surface area contributed by atoms with Gasteiger partial charge in [0.15, 0.2) is 0 Å². The number of rotatable bonds is 4. The van der Waals surface area contributed by atoms with E-state index in [0.29, 0.717) is 32.0 Å².